The van der Waals surface area contributed by atoms with Gasteiger partial charge in [0.15, 0.2) is 0 Å². The molecule has 0 atom stereocenters. The molecule has 0 rings (SSSR count). The minimum absolute atomic E-state index is 0. The normalized spacial score (nSPS) is 1.60. The third-order valence-corrected chi connectivity index (χ3v) is 0. The fourth-order valence-corrected chi connectivity index (χ4v) is 0. The molecule has 0 aromatic heterocycles. The second kappa shape index (κ2) is 34.4. The maximum absolute atomic E-state index is 8.47. The van der Waals surface area contributed by atoms with Crippen molar-refractivity contribution in [2.45, 2.75) is 0 Å². The molecule has 5 heteroatoms. The molecule has 0 heterocycles. The van der Waals surface area contributed by atoms with Gasteiger partial charge < -0.3 is 0 Å². The van der Waals surface area contributed by atoms with E-state index in [-0.39, 0.29) is 9.41 Å². The number of rotatable bonds is 0. The summed E-state index contributed by atoms with van der Waals surface area (Å²) in [6.07, 6.45) is 0. The number of hydrogen-bond acceptors (Lipinski definition) is 2. The van der Waals surface area contributed by atoms with Crippen LogP contribution in [0.4, 0.5) is 9.41 Å². The van der Waals surface area contributed by atoms with Crippen LogP contribution in [0, 0.1) is 0 Å². The average Bonchev–Trinajstić information content (AvgIpc) is 0.918. The van der Waals surface area contributed by atoms with Crippen molar-refractivity contribution in [2.24, 2.45) is 0 Å². The van der Waals surface area contributed by atoms with Crippen molar-refractivity contribution in [1.29, 1.82) is 0 Å². The predicted molar refractivity (Wildman–Crippen MR) is 6.38 cm³/mol. The van der Waals surface area contributed by atoms with Crippen LogP contribution >= 0.6 is 0 Å². The van der Waals surface area contributed by atoms with Gasteiger partial charge >= 0.3 is 23.5 Å². The molecule has 0 spiro atoms. The molecule has 0 bridgehead atoms. The zero-order chi connectivity index (χ0) is 2.71. The third kappa shape index (κ3) is 8570. The van der Waals surface area contributed by atoms with Crippen molar-refractivity contribution in [3.63, 3.8) is 0 Å². The Hall–Kier alpha value is 0.0444. The first-order chi connectivity index (χ1) is 1.41. The molecule has 0 aromatic carbocycles. The average molecular weight is 123 g/mol. The second-order valence-electron chi connectivity index (χ2n) is 0.0745. The Labute approximate surface area is 33.8 Å². The molecule has 33 valence electrons. The van der Waals surface area contributed by atoms with Gasteiger partial charge in [0.1, 0.15) is 0 Å². The van der Waals surface area contributed by atoms with E-state index >= 15 is 0 Å². The first kappa shape index (κ1) is 19.7. The zero-order valence-electron chi connectivity index (χ0n) is 2.08. The predicted octanol–water partition coefficient (Wildman–Crippen LogP) is 0.0649. The van der Waals surface area contributed by atoms with Crippen molar-refractivity contribution in [3.05, 3.63) is 0 Å². The standard InChI is InChI=1S/2FH.2O.V/h2*1H;;;. The Morgan fingerprint density at radius 2 is 1.00 bits per heavy atom. The SMILES string of the molecule is F.F.[O]=[V]=[O]. The molecule has 0 aliphatic carbocycles. The first-order valence-corrected chi connectivity index (χ1v) is 1.51. The van der Waals surface area contributed by atoms with E-state index in [1.54, 1.807) is 0 Å². The van der Waals surface area contributed by atoms with Crippen LogP contribution < -0.4 is 0 Å². The van der Waals surface area contributed by atoms with Crippen LogP contribution in [0.25, 0.3) is 0 Å². The Balaban J connectivity index is -0.0000000200. The van der Waals surface area contributed by atoms with Gasteiger partial charge in [-0.15, -0.1) is 0 Å². The Morgan fingerprint density at radius 3 is 1.00 bits per heavy atom. The van der Waals surface area contributed by atoms with E-state index in [4.69, 9.17) is 7.35 Å². The van der Waals surface area contributed by atoms with Crippen LogP contribution in [0.2, 0.25) is 0 Å². The van der Waals surface area contributed by atoms with Crippen LogP contribution in [-0.2, 0) is 23.5 Å². The van der Waals surface area contributed by atoms with Crippen molar-refractivity contribution in [2.75, 3.05) is 0 Å². The molecule has 0 unspecified atom stereocenters. The van der Waals surface area contributed by atoms with E-state index in [0.717, 1.165) is 0 Å². The van der Waals surface area contributed by atoms with E-state index in [1.807, 2.05) is 0 Å². The number of hydrogen-bond donors (Lipinski definition) is 0. The molecule has 0 saturated heterocycles. The quantitative estimate of drug-likeness (QED) is 0.456. The fraction of sp³-hybridized carbons (Fsp3) is 0. The van der Waals surface area contributed by atoms with Gasteiger partial charge in [-0.05, 0) is 0 Å². The summed E-state index contributed by atoms with van der Waals surface area (Å²) in [5, 5.41) is 0. The van der Waals surface area contributed by atoms with Gasteiger partial charge in [0.05, 0.1) is 0 Å². The Morgan fingerprint density at radius 1 is 1.00 bits per heavy atom. The van der Waals surface area contributed by atoms with Crippen LogP contribution in [0.15, 0.2) is 0 Å². The summed E-state index contributed by atoms with van der Waals surface area (Å²) >= 11 is -1.81. The molecule has 2 nitrogen and oxygen atoms in total. The van der Waals surface area contributed by atoms with E-state index in [9.17, 15) is 0 Å². The first-order valence-electron chi connectivity index (χ1n) is 0.365. The van der Waals surface area contributed by atoms with Crippen molar-refractivity contribution in [1.82, 2.24) is 0 Å². The van der Waals surface area contributed by atoms with E-state index in [1.165, 1.54) is 0 Å². The third-order valence-electron chi connectivity index (χ3n) is 0. The molecule has 0 radical (unpaired) electrons. The summed E-state index contributed by atoms with van der Waals surface area (Å²) < 4.78 is 16.9. The van der Waals surface area contributed by atoms with Gasteiger partial charge in [0, 0.05) is 0 Å². The topological polar surface area (TPSA) is 34.1 Å². The summed E-state index contributed by atoms with van der Waals surface area (Å²) in [4.78, 5) is 0. The van der Waals surface area contributed by atoms with E-state index in [0.29, 0.717) is 0 Å². The van der Waals surface area contributed by atoms with Gasteiger partial charge in [0.2, 0.25) is 0 Å². The van der Waals surface area contributed by atoms with Gasteiger partial charge in [-0.25, -0.2) is 0 Å². The van der Waals surface area contributed by atoms with Crippen molar-refractivity contribution in [3.8, 4) is 0 Å². The van der Waals surface area contributed by atoms with Crippen LogP contribution in [0.1, 0.15) is 0 Å². The van der Waals surface area contributed by atoms with E-state index < -0.39 is 16.2 Å². The van der Waals surface area contributed by atoms with Gasteiger partial charge in [-0.1, -0.05) is 0 Å². The van der Waals surface area contributed by atoms with Gasteiger partial charge in [-0.3, -0.25) is 9.41 Å². The zero-order valence-corrected chi connectivity index (χ0v) is 3.48. The summed E-state index contributed by atoms with van der Waals surface area (Å²) in [5.41, 5.74) is 0. The van der Waals surface area contributed by atoms with Crippen LogP contribution in [-0.4, -0.2) is 0 Å². The second-order valence-corrected chi connectivity index (χ2v) is 0.307. The van der Waals surface area contributed by atoms with Gasteiger partial charge in [-0.2, -0.15) is 0 Å². The Kier molecular flexibility index (Phi) is 136. The summed E-state index contributed by atoms with van der Waals surface area (Å²) in [6.45, 7) is 0. The summed E-state index contributed by atoms with van der Waals surface area (Å²) in [5.74, 6) is 0. The maximum atomic E-state index is 8.47. The van der Waals surface area contributed by atoms with Crippen molar-refractivity contribution >= 4 is 0 Å². The summed E-state index contributed by atoms with van der Waals surface area (Å²) in [6, 6.07) is 0. The fourth-order valence-electron chi connectivity index (χ4n) is 0. The van der Waals surface area contributed by atoms with Crippen LogP contribution in [0.5, 0.6) is 0 Å². The molecule has 5 heavy (non-hydrogen) atoms. The molecule has 0 aliphatic rings. The van der Waals surface area contributed by atoms with Crippen molar-refractivity contribution < 1.29 is 32.9 Å². The molecular weight excluding hydrogens is 121 g/mol. The molecular formula is H2F2O2V. The van der Waals surface area contributed by atoms with Crippen LogP contribution in [0.3, 0.4) is 0 Å². The Bertz CT molecular complexity index is 28.6. The monoisotopic (exact) mass is 123 g/mol. The molecule has 0 saturated carbocycles. The number of halogens is 2. The molecule has 0 aromatic rings. The molecule has 0 amide bonds. The molecule has 0 aliphatic heterocycles. The van der Waals surface area contributed by atoms with Gasteiger partial charge in [0.25, 0.3) is 0 Å². The van der Waals surface area contributed by atoms with E-state index in [2.05, 4.69) is 0 Å². The molecule has 0 fully saturated rings. The minimum atomic E-state index is -1.81. The molecule has 0 N–H and O–H groups in total. The summed E-state index contributed by atoms with van der Waals surface area (Å²) in [7, 11) is 0.